The lowest BCUT2D eigenvalue weighted by atomic mass is 9.77. The van der Waals surface area contributed by atoms with Gasteiger partial charge in [-0.05, 0) is 45.7 Å². The first-order chi connectivity index (χ1) is 10.9. The monoisotopic (exact) mass is 380 g/mol. The van der Waals surface area contributed by atoms with Crippen LogP contribution in [0.3, 0.4) is 0 Å². The van der Waals surface area contributed by atoms with Crippen LogP contribution < -0.4 is 4.72 Å². The number of alkyl halides is 2. The van der Waals surface area contributed by atoms with E-state index in [1.807, 2.05) is 0 Å². The molecule has 1 aromatic heterocycles. The molecule has 4 nitrogen and oxygen atoms in total. The molecule has 1 unspecified atom stereocenters. The highest BCUT2D eigenvalue weighted by Crippen LogP contribution is 2.45. The molecular weight excluding hydrogens is 358 g/mol. The summed E-state index contributed by atoms with van der Waals surface area (Å²) < 4.78 is 41.9. The van der Waals surface area contributed by atoms with Crippen molar-refractivity contribution >= 4 is 23.0 Å². The summed E-state index contributed by atoms with van der Waals surface area (Å²) in [5.74, 6) is -2.78. The lowest BCUT2D eigenvalue weighted by Crippen LogP contribution is -2.53. The highest BCUT2D eigenvalue weighted by atomic mass is 35.5. The van der Waals surface area contributed by atoms with Crippen LogP contribution >= 0.6 is 11.6 Å². The van der Waals surface area contributed by atoms with Crippen LogP contribution in [0.15, 0.2) is 18.3 Å². The number of hydrogen-bond acceptors (Lipinski definition) is 4. The summed E-state index contributed by atoms with van der Waals surface area (Å²) in [6, 6.07) is 2.37. The smallest absolute Gasteiger partial charge is 0.248 e. The molecule has 0 aromatic carbocycles. The summed E-state index contributed by atoms with van der Waals surface area (Å²) in [5.41, 5.74) is -1.16. The van der Waals surface area contributed by atoms with Crippen LogP contribution in [-0.4, -0.2) is 30.9 Å². The Balaban J connectivity index is 2.35. The third-order valence-corrected chi connectivity index (χ3v) is 6.11. The van der Waals surface area contributed by atoms with Crippen molar-refractivity contribution in [1.29, 1.82) is 0 Å². The van der Waals surface area contributed by atoms with Gasteiger partial charge in [-0.3, -0.25) is 4.98 Å². The van der Waals surface area contributed by atoms with E-state index in [9.17, 15) is 18.4 Å². The van der Waals surface area contributed by atoms with Crippen molar-refractivity contribution in [3.63, 3.8) is 0 Å². The average Bonchev–Trinajstić information content (AvgIpc) is 2.48. The SMILES string of the molecule is CC(C)(C)[S@+]([O-])NC(c1ncccc1Cl)C1(O)CCC(F)(F)CC1. The highest BCUT2D eigenvalue weighted by molar-refractivity contribution is 7.90. The van der Waals surface area contributed by atoms with E-state index in [4.69, 9.17) is 11.6 Å². The number of rotatable bonds is 4. The minimum Gasteiger partial charge on any atom is -0.598 e. The Morgan fingerprint density at radius 3 is 2.42 bits per heavy atom. The van der Waals surface area contributed by atoms with E-state index in [1.54, 1.807) is 32.9 Å². The number of nitrogens with zero attached hydrogens (tertiary/aromatic N) is 1. The van der Waals surface area contributed by atoms with Gasteiger partial charge in [-0.15, -0.1) is 4.72 Å². The Labute approximate surface area is 149 Å². The number of hydrogen-bond donors (Lipinski definition) is 2. The Hall–Kier alpha value is -0.470. The zero-order valence-electron chi connectivity index (χ0n) is 14.0. The van der Waals surface area contributed by atoms with Gasteiger partial charge >= 0.3 is 0 Å². The minimum absolute atomic E-state index is 0.119. The molecule has 136 valence electrons. The molecular formula is C16H23ClF2N2O2S. The maximum atomic E-state index is 13.5. The molecule has 0 spiro atoms. The van der Waals surface area contributed by atoms with Gasteiger partial charge in [0.05, 0.1) is 16.3 Å². The Kier molecular flexibility index (Phi) is 5.82. The van der Waals surface area contributed by atoms with E-state index in [-0.39, 0.29) is 12.8 Å². The summed E-state index contributed by atoms with van der Waals surface area (Å²) in [6.45, 7) is 5.35. The van der Waals surface area contributed by atoms with E-state index in [0.29, 0.717) is 10.7 Å². The van der Waals surface area contributed by atoms with Gasteiger partial charge in [-0.25, -0.2) is 8.78 Å². The lowest BCUT2D eigenvalue weighted by molar-refractivity contribution is -0.115. The van der Waals surface area contributed by atoms with Crippen molar-refractivity contribution < 1.29 is 18.4 Å². The third-order valence-electron chi connectivity index (χ3n) is 4.23. The van der Waals surface area contributed by atoms with Crippen LogP contribution in [0.25, 0.3) is 0 Å². The summed E-state index contributed by atoms with van der Waals surface area (Å²) >= 11 is 4.67. The van der Waals surface area contributed by atoms with Gasteiger partial charge in [0, 0.05) is 30.4 Å². The zero-order chi connectivity index (χ0) is 18.2. The van der Waals surface area contributed by atoms with Crippen molar-refractivity contribution in [3.8, 4) is 0 Å². The molecule has 2 rings (SSSR count). The van der Waals surface area contributed by atoms with E-state index >= 15 is 0 Å². The third kappa shape index (κ3) is 4.58. The van der Waals surface area contributed by atoms with Crippen molar-refractivity contribution in [2.75, 3.05) is 0 Å². The molecule has 2 N–H and O–H groups in total. The number of aliphatic hydroxyl groups is 1. The first kappa shape index (κ1) is 19.8. The van der Waals surface area contributed by atoms with Crippen LogP contribution in [0.5, 0.6) is 0 Å². The number of halogens is 3. The molecule has 1 fully saturated rings. The van der Waals surface area contributed by atoms with Gasteiger partial charge in [-0.2, -0.15) is 0 Å². The predicted molar refractivity (Wildman–Crippen MR) is 91.4 cm³/mol. The number of aromatic nitrogens is 1. The van der Waals surface area contributed by atoms with E-state index in [1.165, 1.54) is 6.20 Å². The van der Waals surface area contributed by atoms with Gasteiger partial charge in [0.1, 0.15) is 10.8 Å². The van der Waals surface area contributed by atoms with Crippen molar-refractivity contribution in [3.05, 3.63) is 29.0 Å². The fourth-order valence-electron chi connectivity index (χ4n) is 2.65. The second kappa shape index (κ2) is 7.03. The molecule has 0 amide bonds. The van der Waals surface area contributed by atoms with Crippen molar-refractivity contribution in [1.82, 2.24) is 9.71 Å². The van der Waals surface area contributed by atoms with Gasteiger partial charge in [0.15, 0.2) is 0 Å². The van der Waals surface area contributed by atoms with E-state index in [0.717, 1.165) is 0 Å². The summed E-state index contributed by atoms with van der Waals surface area (Å²) in [5, 5.41) is 11.3. The quantitative estimate of drug-likeness (QED) is 0.780. The summed E-state index contributed by atoms with van der Waals surface area (Å²) in [6.07, 6.45) is 0.428. The minimum atomic E-state index is -2.78. The molecule has 1 aliphatic rings. The molecule has 0 radical (unpaired) electrons. The topological polar surface area (TPSA) is 68.2 Å². The largest absolute Gasteiger partial charge is 0.598 e. The lowest BCUT2D eigenvalue weighted by Gasteiger charge is -2.42. The molecule has 1 heterocycles. The maximum Gasteiger partial charge on any atom is 0.248 e. The molecule has 24 heavy (non-hydrogen) atoms. The standard InChI is InChI=1S/C16H23ClF2N2O2S/c1-14(2,3)24(23)21-13(12-11(17)5-4-10-20-12)15(22)6-8-16(18,19)9-7-15/h4-5,10,13,21-22H,6-9H2,1-3H3/t13?,24-/m0/s1. The number of nitrogens with one attached hydrogen (secondary N) is 1. The molecule has 1 aliphatic carbocycles. The highest BCUT2D eigenvalue weighted by Gasteiger charge is 2.50. The fraction of sp³-hybridized carbons (Fsp3) is 0.688. The zero-order valence-corrected chi connectivity index (χ0v) is 15.6. The van der Waals surface area contributed by atoms with Crippen LogP contribution in [0.2, 0.25) is 5.02 Å². The molecule has 1 aromatic rings. The molecule has 0 saturated heterocycles. The van der Waals surface area contributed by atoms with Gasteiger partial charge in [0.25, 0.3) is 0 Å². The first-order valence-corrected chi connectivity index (χ1v) is 9.36. The van der Waals surface area contributed by atoms with Crippen LogP contribution in [0, 0.1) is 0 Å². The number of pyridine rings is 1. The summed E-state index contributed by atoms with van der Waals surface area (Å²) in [4.78, 5) is 4.19. The molecule has 2 atom stereocenters. The Morgan fingerprint density at radius 2 is 1.92 bits per heavy atom. The van der Waals surface area contributed by atoms with Crippen LogP contribution in [0.4, 0.5) is 8.78 Å². The predicted octanol–water partition coefficient (Wildman–Crippen LogP) is 3.77. The molecule has 0 aliphatic heterocycles. The summed E-state index contributed by atoms with van der Waals surface area (Å²) in [7, 11) is 0. The molecule has 1 saturated carbocycles. The van der Waals surface area contributed by atoms with Crippen molar-refractivity contribution in [2.45, 2.75) is 68.8 Å². The Morgan fingerprint density at radius 1 is 1.33 bits per heavy atom. The first-order valence-electron chi connectivity index (χ1n) is 7.83. The van der Waals surface area contributed by atoms with Gasteiger partial charge in [0.2, 0.25) is 5.92 Å². The molecule has 0 bridgehead atoms. The molecule has 8 heteroatoms. The van der Waals surface area contributed by atoms with Gasteiger partial charge < -0.3 is 9.66 Å². The van der Waals surface area contributed by atoms with Crippen molar-refractivity contribution in [2.24, 2.45) is 0 Å². The average molecular weight is 381 g/mol. The van der Waals surface area contributed by atoms with E-state index < -0.39 is 46.5 Å². The second-order valence-corrected chi connectivity index (χ2v) is 9.67. The van der Waals surface area contributed by atoms with E-state index in [2.05, 4.69) is 9.71 Å². The van der Waals surface area contributed by atoms with Gasteiger partial charge in [-0.1, -0.05) is 11.6 Å². The van der Waals surface area contributed by atoms with Crippen LogP contribution in [0.1, 0.15) is 58.2 Å². The normalized spacial score (nSPS) is 22.8. The van der Waals surface area contributed by atoms with Crippen LogP contribution in [-0.2, 0) is 11.4 Å². The Bertz CT molecular complexity index is 573. The fourth-order valence-corrected chi connectivity index (χ4v) is 3.78. The second-order valence-electron chi connectivity index (χ2n) is 7.26. The maximum absolute atomic E-state index is 13.5.